The van der Waals surface area contributed by atoms with Crippen molar-refractivity contribution in [1.82, 2.24) is 9.88 Å². The lowest BCUT2D eigenvalue weighted by Crippen LogP contribution is -2.40. The van der Waals surface area contributed by atoms with Crippen LogP contribution in [0.2, 0.25) is 0 Å². The Morgan fingerprint density at radius 1 is 1.32 bits per heavy atom. The highest BCUT2D eigenvalue weighted by Crippen LogP contribution is 2.55. The maximum atomic E-state index is 6.61. The number of aromatic nitrogens is 1. The van der Waals surface area contributed by atoms with Crippen molar-refractivity contribution in [1.29, 1.82) is 0 Å². The number of aryl methyl sites for hydroxylation is 1. The first-order valence-electron chi connectivity index (χ1n) is 9.50. The molecule has 0 unspecified atom stereocenters. The van der Waals surface area contributed by atoms with Crippen molar-refractivity contribution in [2.75, 3.05) is 38.6 Å². The van der Waals surface area contributed by atoms with Crippen molar-refractivity contribution in [2.45, 2.75) is 31.5 Å². The van der Waals surface area contributed by atoms with E-state index in [1.54, 1.807) is 0 Å². The molecule has 4 heteroatoms. The predicted octanol–water partition coefficient (Wildman–Crippen LogP) is 3.09. The minimum Gasteiger partial charge on any atom is -0.369 e. The lowest BCUT2D eigenvalue weighted by molar-refractivity contribution is 0.0137. The van der Waals surface area contributed by atoms with Crippen LogP contribution < -0.4 is 4.90 Å². The molecule has 5 rings (SSSR count). The average molecular weight is 337 g/mol. The molecule has 1 aromatic heterocycles. The van der Waals surface area contributed by atoms with Crippen molar-refractivity contribution in [3.05, 3.63) is 36.0 Å². The van der Waals surface area contributed by atoms with Gasteiger partial charge in [0.25, 0.3) is 0 Å². The van der Waals surface area contributed by atoms with Crippen LogP contribution in [-0.4, -0.2) is 55.3 Å². The molecule has 0 amide bonds. The number of pyridine rings is 1. The molecule has 3 fully saturated rings. The van der Waals surface area contributed by atoms with Crippen molar-refractivity contribution in [3.63, 3.8) is 0 Å². The molecule has 0 aliphatic carbocycles. The summed E-state index contributed by atoms with van der Waals surface area (Å²) >= 11 is 0. The second-order valence-corrected chi connectivity index (χ2v) is 8.47. The van der Waals surface area contributed by atoms with Crippen LogP contribution in [-0.2, 0) is 4.74 Å². The number of nitrogens with zero attached hydrogens (tertiary/aromatic N) is 3. The molecule has 1 spiro atoms. The molecule has 2 aromatic rings. The van der Waals surface area contributed by atoms with Crippen LogP contribution in [0.5, 0.6) is 0 Å². The van der Waals surface area contributed by atoms with Crippen molar-refractivity contribution >= 4 is 16.6 Å². The van der Waals surface area contributed by atoms with E-state index >= 15 is 0 Å². The Kier molecular flexibility index (Phi) is 3.38. The molecule has 4 heterocycles. The molecule has 4 nitrogen and oxygen atoms in total. The molecule has 2 bridgehead atoms. The Morgan fingerprint density at radius 2 is 2.16 bits per heavy atom. The Hall–Kier alpha value is -1.65. The fourth-order valence-corrected chi connectivity index (χ4v) is 5.59. The number of ether oxygens (including phenoxy) is 1. The molecule has 25 heavy (non-hydrogen) atoms. The Morgan fingerprint density at radius 3 is 3.00 bits per heavy atom. The van der Waals surface area contributed by atoms with E-state index in [0.717, 1.165) is 30.8 Å². The fraction of sp³-hybridized carbons (Fsp3) is 0.571. The van der Waals surface area contributed by atoms with E-state index < -0.39 is 0 Å². The number of hydrogen-bond acceptors (Lipinski definition) is 4. The van der Waals surface area contributed by atoms with Gasteiger partial charge in [-0.15, -0.1) is 0 Å². The topological polar surface area (TPSA) is 28.6 Å². The van der Waals surface area contributed by atoms with Crippen molar-refractivity contribution in [2.24, 2.45) is 11.8 Å². The number of rotatable bonds is 3. The molecule has 132 valence electrons. The Bertz CT molecular complexity index is 820. The lowest BCUT2D eigenvalue weighted by atomic mass is 9.73. The van der Waals surface area contributed by atoms with Gasteiger partial charge in [-0.25, -0.2) is 0 Å². The van der Waals surface area contributed by atoms with E-state index in [9.17, 15) is 0 Å². The molecule has 0 radical (unpaired) electrons. The van der Waals surface area contributed by atoms with E-state index in [0.29, 0.717) is 17.9 Å². The summed E-state index contributed by atoms with van der Waals surface area (Å²) in [6, 6.07) is 10.8. The van der Waals surface area contributed by atoms with Crippen LogP contribution >= 0.6 is 0 Å². The van der Waals surface area contributed by atoms with Gasteiger partial charge in [0.2, 0.25) is 0 Å². The third-order valence-corrected chi connectivity index (χ3v) is 6.52. The third-order valence-electron chi connectivity index (χ3n) is 6.52. The minimum atomic E-state index is 0.0869. The van der Waals surface area contributed by atoms with Crippen LogP contribution in [0, 0.1) is 18.8 Å². The van der Waals surface area contributed by atoms with Crippen LogP contribution in [0.4, 0.5) is 5.69 Å². The van der Waals surface area contributed by atoms with Gasteiger partial charge in [-0.3, -0.25) is 4.98 Å². The molecule has 0 N–H and O–H groups in total. The maximum Gasteiger partial charge on any atom is 0.0910 e. The second kappa shape index (κ2) is 5.42. The van der Waals surface area contributed by atoms with Gasteiger partial charge in [0, 0.05) is 48.2 Å². The highest BCUT2D eigenvalue weighted by atomic mass is 16.5. The molecule has 4 atom stereocenters. The minimum absolute atomic E-state index is 0.0869. The highest BCUT2D eigenvalue weighted by Gasteiger charge is 2.62. The van der Waals surface area contributed by atoms with Crippen molar-refractivity contribution in [3.8, 4) is 0 Å². The summed E-state index contributed by atoms with van der Waals surface area (Å²) in [5.41, 5.74) is 3.62. The molecule has 3 aliphatic heterocycles. The fourth-order valence-electron chi connectivity index (χ4n) is 5.59. The smallest absolute Gasteiger partial charge is 0.0910 e. The van der Waals surface area contributed by atoms with Crippen LogP contribution in [0.3, 0.4) is 0 Å². The predicted molar refractivity (Wildman–Crippen MR) is 101 cm³/mol. The number of anilines is 1. The van der Waals surface area contributed by atoms with Gasteiger partial charge in [-0.1, -0.05) is 18.2 Å². The molecule has 1 aromatic carbocycles. The SMILES string of the molecule is Cc1cc(N2C[C@@H]3[C@H](CN(C)C)[C@H]4CC[C@]3(C2)O4)c2ccccc2n1. The van der Waals surface area contributed by atoms with Crippen LogP contribution in [0.25, 0.3) is 10.9 Å². The van der Waals surface area contributed by atoms with Crippen LogP contribution in [0.1, 0.15) is 18.5 Å². The molecule has 3 aliphatic rings. The Balaban J connectivity index is 1.52. The third kappa shape index (κ3) is 2.31. The normalized spacial score (nSPS) is 33.6. The van der Waals surface area contributed by atoms with E-state index in [-0.39, 0.29) is 5.60 Å². The van der Waals surface area contributed by atoms with E-state index in [4.69, 9.17) is 9.72 Å². The highest BCUT2D eigenvalue weighted by molar-refractivity contribution is 5.92. The summed E-state index contributed by atoms with van der Waals surface area (Å²) in [5, 5.41) is 1.27. The maximum absolute atomic E-state index is 6.61. The van der Waals surface area contributed by atoms with E-state index in [2.05, 4.69) is 61.2 Å². The van der Waals surface area contributed by atoms with Crippen LogP contribution in [0.15, 0.2) is 30.3 Å². The molecule has 0 saturated carbocycles. The summed E-state index contributed by atoms with van der Waals surface area (Å²) < 4.78 is 6.61. The van der Waals surface area contributed by atoms with Gasteiger partial charge in [0.1, 0.15) is 0 Å². The zero-order valence-electron chi connectivity index (χ0n) is 15.4. The summed E-state index contributed by atoms with van der Waals surface area (Å²) in [5.74, 6) is 1.32. The average Bonchev–Trinajstić information content (AvgIpc) is 3.23. The summed E-state index contributed by atoms with van der Waals surface area (Å²) in [6.07, 6.45) is 2.94. The number of benzene rings is 1. The first kappa shape index (κ1) is 15.6. The molecular weight excluding hydrogens is 310 g/mol. The monoisotopic (exact) mass is 337 g/mol. The first-order valence-corrected chi connectivity index (χ1v) is 9.50. The molecule has 3 saturated heterocycles. The summed E-state index contributed by atoms with van der Waals surface area (Å²) in [6.45, 7) is 5.39. The number of hydrogen-bond donors (Lipinski definition) is 0. The lowest BCUT2D eigenvalue weighted by Gasteiger charge is -2.30. The van der Waals surface area contributed by atoms with Gasteiger partial charge in [-0.2, -0.15) is 0 Å². The zero-order valence-corrected chi connectivity index (χ0v) is 15.4. The Labute approximate surface area is 149 Å². The summed E-state index contributed by atoms with van der Waals surface area (Å²) in [7, 11) is 4.37. The van der Waals surface area contributed by atoms with Gasteiger partial charge in [-0.05, 0) is 46.0 Å². The quantitative estimate of drug-likeness (QED) is 0.860. The van der Waals surface area contributed by atoms with Gasteiger partial charge >= 0.3 is 0 Å². The molecular formula is C21H27N3O. The largest absolute Gasteiger partial charge is 0.369 e. The zero-order chi connectivity index (χ0) is 17.2. The van der Waals surface area contributed by atoms with E-state index in [1.165, 1.54) is 23.9 Å². The van der Waals surface area contributed by atoms with E-state index in [1.807, 2.05) is 0 Å². The van der Waals surface area contributed by atoms with Crippen molar-refractivity contribution < 1.29 is 4.74 Å². The van der Waals surface area contributed by atoms with Gasteiger partial charge < -0.3 is 14.5 Å². The van der Waals surface area contributed by atoms with Gasteiger partial charge in [0.05, 0.1) is 17.2 Å². The second-order valence-electron chi connectivity index (χ2n) is 8.47. The van der Waals surface area contributed by atoms with Gasteiger partial charge in [0.15, 0.2) is 0 Å². The first-order chi connectivity index (χ1) is 12.1. The summed E-state index contributed by atoms with van der Waals surface area (Å²) in [4.78, 5) is 9.62. The number of fused-ring (bicyclic) bond motifs is 2. The standard InChI is InChI=1S/C21H27N3O/c1-14-10-19(15-6-4-5-7-18(15)22-14)24-12-17-16(11-23(2)3)20-8-9-21(17,13-24)25-20/h4-7,10,16-17,20H,8-9,11-13H2,1-3H3/t16-,17+,20+,21+/m0/s1. The number of para-hydroxylation sites is 1.